The van der Waals surface area contributed by atoms with Crippen LogP contribution in [0.15, 0.2) is 27.5 Å². The van der Waals surface area contributed by atoms with Crippen LogP contribution in [-0.2, 0) is 0 Å². The standard InChI is InChI=1S/C11H8BrIN2O2/c1-5-2-3-6(4-7(5)12)9-14-10(16)8(13)11(17)15-9/h2-4H,1H3,(H2,14,15,16,17). The summed E-state index contributed by atoms with van der Waals surface area (Å²) in [5, 5.41) is 9.52. The zero-order chi connectivity index (χ0) is 12.6. The van der Waals surface area contributed by atoms with Crippen molar-refractivity contribution in [1.29, 1.82) is 0 Å². The third-order valence-electron chi connectivity index (χ3n) is 2.29. The lowest BCUT2D eigenvalue weighted by Gasteiger charge is -2.04. The van der Waals surface area contributed by atoms with Crippen LogP contribution in [0.25, 0.3) is 11.4 Å². The number of aromatic hydroxyl groups is 1. The summed E-state index contributed by atoms with van der Waals surface area (Å²) in [6.45, 7) is 1.97. The van der Waals surface area contributed by atoms with E-state index in [1.165, 1.54) is 0 Å². The zero-order valence-corrected chi connectivity index (χ0v) is 12.5. The molecule has 0 bridgehead atoms. The summed E-state index contributed by atoms with van der Waals surface area (Å²) < 4.78 is 1.12. The second-order valence-corrected chi connectivity index (χ2v) is 5.45. The quantitative estimate of drug-likeness (QED) is 0.715. The average Bonchev–Trinajstić information content (AvgIpc) is 2.29. The van der Waals surface area contributed by atoms with E-state index in [-0.39, 0.29) is 15.0 Å². The van der Waals surface area contributed by atoms with Gasteiger partial charge in [0, 0.05) is 10.0 Å². The Labute approximate surface area is 119 Å². The number of H-pyrrole nitrogens is 1. The number of aromatic nitrogens is 2. The second kappa shape index (κ2) is 4.77. The van der Waals surface area contributed by atoms with Crippen LogP contribution in [-0.4, -0.2) is 15.1 Å². The Kier molecular flexibility index (Phi) is 3.53. The molecular formula is C11H8BrIN2O2. The van der Waals surface area contributed by atoms with Crippen molar-refractivity contribution in [3.63, 3.8) is 0 Å². The van der Waals surface area contributed by atoms with Gasteiger partial charge in [-0.25, -0.2) is 0 Å². The highest BCUT2D eigenvalue weighted by Crippen LogP contribution is 2.24. The Morgan fingerprint density at radius 3 is 2.76 bits per heavy atom. The molecule has 2 rings (SSSR count). The van der Waals surface area contributed by atoms with E-state index in [9.17, 15) is 9.90 Å². The third kappa shape index (κ3) is 2.52. The molecule has 0 amide bonds. The minimum absolute atomic E-state index is 0.192. The number of benzene rings is 1. The van der Waals surface area contributed by atoms with E-state index in [0.717, 1.165) is 15.6 Å². The number of aromatic amines is 1. The highest BCUT2D eigenvalue weighted by Gasteiger charge is 2.09. The number of halogens is 2. The number of hydrogen-bond donors (Lipinski definition) is 2. The molecule has 0 saturated carbocycles. The average molecular weight is 407 g/mol. The summed E-state index contributed by atoms with van der Waals surface area (Å²) in [6.07, 6.45) is 0. The molecule has 0 radical (unpaired) electrons. The molecule has 88 valence electrons. The van der Waals surface area contributed by atoms with Crippen LogP contribution >= 0.6 is 38.5 Å². The second-order valence-electron chi connectivity index (χ2n) is 3.52. The SMILES string of the molecule is Cc1ccc(-c2nc(O)c(I)c(=O)[nH]2)cc1Br. The molecule has 2 N–H and O–H groups in total. The van der Waals surface area contributed by atoms with Gasteiger partial charge < -0.3 is 10.1 Å². The molecule has 0 fully saturated rings. The molecular weight excluding hydrogens is 399 g/mol. The van der Waals surface area contributed by atoms with Crippen LogP contribution in [0.1, 0.15) is 5.56 Å². The Balaban J connectivity index is 2.61. The van der Waals surface area contributed by atoms with Gasteiger partial charge in [-0.2, -0.15) is 4.98 Å². The number of aryl methyl sites for hydroxylation is 1. The lowest BCUT2D eigenvalue weighted by Crippen LogP contribution is -2.12. The molecule has 1 heterocycles. The van der Waals surface area contributed by atoms with Crippen molar-refractivity contribution in [2.24, 2.45) is 0 Å². The summed E-state index contributed by atoms with van der Waals surface area (Å²) >= 11 is 5.16. The van der Waals surface area contributed by atoms with Gasteiger partial charge in [0.05, 0.1) is 0 Å². The van der Waals surface area contributed by atoms with Crippen molar-refractivity contribution in [2.45, 2.75) is 6.92 Å². The largest absolute Gasteiger partial charge is 0.492 e. The van der Waals surface area contributed by atoms with Crippen molar-refractivity contribution in [2.75, 3.05) is 0 Å². The molecule has 0 aliphatic heterocycles. The van der Waals surface area contributed by atoms with Crippen molar-refractivity contribution in [3.05, 3.63) is 42.2 Å². The number of rotatable bonds is 1. The molecule has 1 aromatic heterocycles. The van der Waals surface area contributed by atoms with Crippen LogP contribution in [0.5, 0.6) is 5.88 Å². The Morgan fingerprint density at radius 1 is 1.47 bits per heavy atom. The van der Waals surface area contributed by atoms with Gasteiger partial charge in [-0.3, -0.25) is 4.79 Å². The van der Waals surface area contributed by atoms with Crippen molar-refractivity contribution < 1.29 is 5.11 Å². The van der Waals surface area contributed by atoms with Gasteiger partial charge in [0.1, 0.15) is 9.39 Å². The molecule has 4 nitrogen and oxygen atoms in total. The summed E-state index contributed by atoms with van der Waals surface area (Å²) in [5.41, 5.74) is 1.49. The topological polar surface area (TPSA) is 66.0 Å². The van der Waals surface area contributed by atoms with Crippen molar-refractivity contribution >= 4 is 38.5 Å². The van der Waals surface area contributed by atoms with Gasteiger partial charge >= 0.3 is 0 Å². The lowest BCUT2D eigenvalue weighted by molar-refractivity contribution is 0.447. The highest BCUT2D eigenvalue weighted by molar-refractivity contribution is 14.1. The van der Waals surface area contributed by atoms with Gasteiger partial charge in [0.25, 0.3) is 5.56 Å². The van der Waals surface area contributed by atoms with Gasteiger partial charge in [0.15, 0.2) is 0 Å². The summed E-state index contributed by atoms with van der Waals surface area (Å²) in [4.78, 5) is 18.1. The van der Waals surface area contributed by atoms with Crippen molar-refractivity contribution in [3.8, 4) is 17.3 Å². The van der Waals surface area contributed by atoms with Crippen LogP contribution in [0.3, 0.4) is 0 Å². The molecule has 2 aromatic rings. The Bertz CT molecular complexity index is 640. The summed E-state index contributed by atoms with van der Waals surface area (Å²) in [5.74, 6) is 0.106. The van der Waals surface area contributed by atoms with Gasteiger partial charge in [0.2, 0.25) is 5.88 Å². The summed E-state index contributed by atoms with van der Waals surface area (Å²) in [6, 6.07) is 5.60. The van der Waals surface area contributed by atoms with E-state index in [1.807, 2.05) is 25.1 Å². The molecule has 0 unspecified atom stereocenters. The maximum Gasteiger partial charge on any atom is 0.268 e. The van der Waals surface area contributed by atoms with Gasteiger partial charge in [-0.05, 0) is 41.1 Å². The minimum atomic E-state index is -0.343. The van der Waals surface area contributed by atoms with Gasteiger partial charge in [-0.1, -0.05) is 28.1 Å². The van der Waals surface area contributed by atoms with Crippen LogP contribution in [0.4, 0.5) is 0 Å². The van der Waals surface area contributed by atoms with E-state index in [1.54, 1.807) is 22.6 Å². The fourth-order valence-corrected chi connectivity index (χ4v) is 1.96. The fraction of sp³-hybridized carbons (Fsp3) is 0.0909. The smallest absolute Gasteiger partial charge is 0.268 e. The minimum Gasteiger partial charge on any atom is -0.492 e. The highest BCUT2D eigenvalue weighted by atomic mass is 127. The third-order valence-corrected chi connectivity index (χ3v) is 4.12. The normalized spacial score (nSPS) is 10.5. The van der Waals surface area contributed by atoms with E-state index in [4.69, 9.17) is 0 Å². The zero-order valence-electron chi connectivity index (χ0n) is 8.79. The number of nitrogens with zero attached hydrogens (tertiary/aromatic N) is 1. The maximum absolute atomic E-state index is 11.5. The number of hydrogen-bond acceptors (Lipinski definition) is 3. The molecule has 1 aromatic carbocycles. The first-order chi connectivity index (χ1) is 7.99. The monoisotopic (exact) mass is 406 g/mol. The van der Waals surface area contributed by atoms with Crippen LogP contribution in [0.2, 0.25) is 0 Å². The maximum atomic E-state index is 11.5. The first kappa shape index (κ1) is 12.6. The van der Waals surface area contributed by atoms with Crippen LogP contribution in [0, 0.1) is 10.5 Å². The van der Waals surface area contributed by atoms with E-state index in [2.05, 4.69) is 25.9 Å². The van der Waals surface area contributed by atoms with E-state index in [0.29, 0.717) is 5.82 Å². The molecule has 0 spiro atoms. The van der Waals surface area contributed by atoms with E-state index >= 15 is 0 Å². The summed E-state index contributed by atoms with van der Waals surface area (Å²) in [7, 11) is 0. The molecule has 6 heteroatoms. The lowest BCUT2D eigenvalue weighted by atomic mass is 10.1. The first-order valence-corrected chi connectivity index (χ1v) is 6.61. The van der Waals surface area contributed by atoms with Crippen molar-refractivity contribution in [1.82, 2.24) is 9.97 Å². The van der Waals surface area contributed by atoms with E-state index < -0.39 is 0 Å². The molecule has 17 heavy (non-hydrogen) atoms. The molecule has 0 aliphatic carbocycles. The first-order valence-electron chi connectivity index (χ1n) is 4.74. The number of nitrogens with one attached hydrogen (secondary N) is 1. The fourth-order valence-electron chi connectivity index (χ4n) is 1.32. The Hall–Kier alpha value is -0.890. The van der Waals surface area contributed by atoms with Crippen LogP contribution < -0.4 is 5.56 Å². The molecule has 0 aliphatic rings. The predicted octanol–water partition coefficient (Wildman–Crippen LogP) is 2.82. The molecule has 0 atom stereocenters. The van der Waals surface area contributed by atoms with Gasteiger partial charge in [-0.15, -0.1) is 0 Å². The molecule has 0 saturated heterocycles. The Morgan fingerprint density at radius 2 is 2.18 bits per heavy atom. The predicted molar refractivity (Wildman–Crippen MR) is 77.1 cm³/mol.